The lowest BCUT2D eigenvalue weighted by Gasteiger charge is -2.30. The van der Waals surface area contributed by atoms with E-state index < -0.39 is 49.2 Å². The monoisotopic (exact) mass is 519 g/mol. The Morgan fingerprint density at radius 3 is 1.71 bits per heavy atom. The highest BCUT2D eigenvalue weighted by Crippen LogP contribution is 2.47. The van der Waals surface area contributed by atoms with Crippen LogP contribution in [0.25, 0.3) is 0 Å². The predicted molar refractivity (Wildman–Crippen MR) is 136 cm³/mol. The molecule has 2 unspecified atom stereocenters. The van der Waals surface area contributed by atoms with Gasteiger partial charge in [0.05, 0.1) is 6.61 Å². The quantitative estimate of drug-likeness (QED) is 0.192. The predicted octanol–water partition coefficient (Wildman–Crippen LogP) is 2.64. The Labute approximate surface area is 210 Å². The lowest BCUT2D eigenvalue weighted by Crippen LogP contribution is -2.58. The molecule has 4 atom stereocenters. The Hall–Kier alpha value is -1.93. The van der Waals surface area contributed by atoms with Gasteiger partial charge in [-0.05, 0) is 37.0 Å². The molecular weight excluding hydrogens is 473 g/mol. The highest BCUT2D eigenvalue weighted by atomic mass is 31.2. The van der Waals surface area contributed by atoms with E-state index in [1.165, 1.54) is 0 Å². The number of hydrogen-bond acceptors (Lipinski definition) is 6. The van der Waals surface area contributed by atoms with Gasteiger partial charge in [-0.25, -0.2) is 0 Å². The topological polar surface area (TPSA) is 151 Å². The standard InChI is InChI=1S/C24H46N3O7P/c1-10-34-20(29)13-35(32,33)19(12-15(4)5)26-23(30)22(17(8)9)27-24(31)21(16(6)7)25-18(28)11-14(2)3/h14-17,19,21-22H,10-13H2,1-9H3,(H,25,28)(H,26,30)(H,27,31)(H,32,33)/t19?,21-,22-/m0/s1. The van der Waals surface area contributed by atoms with E-state index in [1.807, 2.05) is 27.7 Å². The molecule has 35 heavy (non-hydrogen) atoms. The molecule has 0 aromatic rings. The molecule has 0 aliphatic rings. The van der Waals surface area contributed by atoms with Crippen molar-refractivity contribution in [3.63, 3.8) is 0 Å². The van der Waals surface area contributed by atoms with Crippen molar-refractivity contribution in [1.29, 1.82) is 0 Å². The second-order valence-corrected chi connectivity index (χ2v) is 12.9. The van der Waals surface area contributed by atoms with Gasteiger partial charge >= 0.3 is 5.97 Å². The van der Waals surface area contributed by atoms with Crippen LogP contribution in [0.5, 0.6) is 0 Å². The van der Waals surface area contributed by atoms with Crippen LogP contribution < -0.4 is 16.0 Å². The Bertz CT molecular complexity index is 768. The molecule has 0 aliphatic carbocycles. The van der Waals surface area contributed by atoms with E-state index in [2.05, 4.69) is 16.0 Å². The number of hydrogen-bond donors (Lipinski definition) is 4. The summed E-state index contributed by atoms with van der Waals surface area (Å²) in [5.74, 6) is -3.87. The van der Waals surface area contributed by atoms with Crippen molar-refractivity contribution in [2.24, 2.45) is 23.7 Å². The third kappa shape index (κ3) is 12.5. The maximum atomic E-state index is 13.2. The number of amides is 3. The Morgan fingerprint density at radius 1 is 0.800 bits per heavy atom. The summed E-state index contributed by atoms with van der Waals surface area (Å²) in [7, 11) is -4.14. The summed E-state index contributed by atoms with van der Waals surface area (Å²) in [5.41, 5.74) is 0. The van der Waals surface area contributed by atoms with Crippen molar-refractivity contribution in [2.75, 3.05) is 12.8 Å². The van der Waals surface area contributed by atoms with E-state index in [9.17, 15) is 28.6 Å². The minimum Gasteiger partial charge on any atom is -0.466 e. The van der Waals surface area contributed by atoms with Gasteiger partial charge in [0.2, 0.25) is 25.1 Å². The van der Waals surface area contributed by atoms with Gasteiger partial charge in [-0.3, -0.25) is 23.7 Å². The van der Waals surface area contributed by atoms with Crippen LogP contribution in [0.4, 0.5) is 0 Å². The third-order valence-electron chi connectivity index (χ3n) is 5.26. The maximum absolute atomic E-state index is 13.2. The van der Waals surface area contributed by atoms with Crippen LogP contribution in [0, 0.1) is 23.7 Å². The third-order valence-corrected chi connectivity index (χ3v) is 7.28. The maximum Gasteiger partial charge on any atom is 0.315 e. The molecule has 0 saturated carbocycles. The molecule has 0 aromatic heterocycles. The van der Waals surface area contributed by atoms with Crippen molar-refractivity contribution >= 4 is 31.1 Å². The van der Waals surface area contributed by atoms with E-state index >= 15 is 0 Å². The van der Waals surface area contributed by atoms with Gasteiger partial charge in [-0.15, -0.1) is 0 Å². The van der Waals surface area contributed by atoms with Gasteiger partial charge < -0.3 is 25.6 Å². The van der Waals surface area contributed by atoms with Crippen LogP contribution >= 0.6 is 7.37 Å². The molecule has 0 rings (SSSR count). The first-order valence-electron chi connectivity index (χ1n) is 12.4. The second kappa shape index (κ2) is 15.2. The van der Waals surface area contributed by atoms with Gasteiger partial charge in [-0.1, -0.05) is 55.4 Å². The number of esters is 1. The SMILES string of the molecule is CCOC(=O)CP(=O)(O)C(CC(C)C)NC(=O)[C@@H](NC(=O)[C@@H](NC(=O)CC(C)C)C(C)C)C(C)C. The van der Waals surface area contributed by atoms with E-state index in [0.29, 0.717) is 0 Å². The minimum atomic E-state index is -4.14. The number of carbonyl (C=O) groups excluding carboxylic acids is 4. The highest BCUT2D eigenvalue weighted by Gasteiger charge is 2.38. The van der Waals surface area contributed by atoms with Gasteiger partial charge in [-0.2, -0.15) is 0 Å². The number of ether oxygens (including phenoxy) is 1. The molecule has 10 nitrogen and oxygen atoms in total. The van der Waals surface area contributed by atoms with Crippen LogP contribution in [0.3, 0.4) is 0 Å². The van der Waals surface area contributed by atoms with Crippen LogP contribution in [0.2, 0.25) is 0 Å². The van der Waals surface area contributed by atoms with Gasteiger partial charge in [0.1, 0.15) is 24.0 Å². The minimum absolute atomic E-state index is 0.0449. The largest absolute Gasteiger partial charge is 0.466 e. The van der Waals surface area contributed by atoms with Gasteiger partial charge in [0, 0.05) is 6.42 Å². The van der Waals surface area contributed by atoms with Crippen molar-refractivity contribution < 1.29 is 33.4 Å². The molecule has 0 fully saturated rings. The van der Waals surface area contributed by atoms with Crippen molar-refractivity contribution in [1.82, 2.24) is 16.0 Å². The zero-order valence-electron chi connectivity index (χ0n) is 22.7. The van der Waals surface area contributed by atoms with Gasteiger partial charge in [0.15, 0.2) is 0 Å². The van der Waals surface area contributed by atoms with E-state index in [0.717, 1.165) is 0 Å². The molecule has 11 heteroatoms. The van der Waals surface area contributed by atoms with Crippen molar-refractivity contribution in [3.8, 4) is 0 Å². The summed E-state index contributed by atoms with van der Waals surface area (Å²) in [6.07, 6.45) is -0.278. The summed E-state index contributed by atoms with van der Waals surface area (Å²) >= 11 is 0. The zero-order chi connectivity index (χ0) is 27.5. The van der Waals surface area contributed by atoms with Crippen LogP contribution in [-0.2, 0) is 28.5 Å². The summed E-state index contributed by atoms with van der Waals surface area (Å²) in [6, 6.07) is -1.85. The Kier molecular flexibility index (Phi) is 14.4. The zero-order valence-corrected chi connectivity index (χ0v) is 23.6. The molecule has 204 valence electrons. The Morgan fingerprint density at radius 2 is 1.29 bits per heavy atom. The average molecular weight is 520 g/mol. The summed E-state index contributed by atoms with van der Waals surface area (Å²) < 4.78 is 17.8. The molecule has 0 bridgehead atoms. The fourth-order valence-electron chi connectivity index (χ4n) is 3.44. The lowest BCUT2D eigenvalue weighted by atomic mass is 9.99. The molecule has 0 aromatic carbocycles. The number of rotatable bonds is 15. The smallest absolute Gasteiger partial charge is 0.315 e. The Balaban J connectivity index is 5.65. The molecule has 4 N–H and O–H groups in total. The van der Waals surface area contributed by atoms with E-state index in [-0.39, 0.29) is 49.0 Å². The molecule has 3 amide bonds. The first-order valence-corrected chi connectivity index (χ1v) is 14.3. The lowest BCUT2D eigenvalue weighted by molar-refractivity contribution is -0.140. The molecular formula is C24H46N3O7P. The van der Waals surface area contributed by atoms with Crippen molar-refractivity contribution in [2.45, 2.75) is 93.0 Å². The fraction of sp³-hybridized carbons (Fsp3) is 0.833. The summed E-state index contributed by atoms with van der Waals surface area (Å²) in [6.45, 7) is 16.2. The summed E-state index contributed by atoms with van der Waals surface area (Å²) in [5, 5.41) is 8.03. The number of nitrogens with one attached hydrogen (secondary N) is 3. The van der Waals surface area contributed by atoms with Crippen LogP contribution in [0.1, 0.15) is 75.2 Å². The highest BCUT2D eigenvalue weighted by molar-refractivity contribution is 7.59. The second-order valence-electron chi connectivity index (χ2n) is 10.5. The number of carbonyl (C=O) groups is 4. The normalized spacial score (nSPS) is 15.9. The molecule has 0 aliphatic heterocycles. The van der Waals surface area contributed by atoms with Gasteiger partial charge in [0.25, 0.3) is 0 Å². The van der Waals surface area contributed by atoms with E-state index in [1.54, 1.807) is 34.6 Å². The van der Waals surface area contributed by atoms with Crippen LogP contribution in [-0.4, -0.2) is 59.2 Å². The molecule has 0 spiro atoms. The molecule has 0 radical (unpaired) electrons. The summed E-state index contributed by atoms with van der Waals surface area (Å²) in [4.78, 5) is 60.9. The van der Waals surface area contributed by atoms with Crippen LogP contribution in [0.15, 0.2) is 0 Å². The first kappa shape index (κ1) is 33.1. The fourth-order valence-corrected chi connectivity index (χ4v) is 5.20. The average Bonchev–Trinajstić information content (AvgIpc) is 2.67. The molecule has 0 heterocycles. The molecule has 0 saturated heterocycles. The van der Waals surface area contributed by atoms with Crippen molar-refractivity contribution in [3.05, 3.63) is 0 Å². The first-order chi connectivity index (χ1) is 16.0. The van der Waals surface area contributed by atoms with E-state index in [4.69, 9.17) is 4.74 Å².